The van der Waals surface area contributed by atoms with Crippen molar-refractivity contribution in [2.75, 3.05) is 0 Å². The molecule has 0 amide bonds. The number of hydrogen-bond acceptors (Lipinski definition) is 6. The summed E-state index contributed by atoms with van der Waals surface area (Å²) in [5.74, 6) is 0. The largest absolute Gasteiger partial charge is 1.00 e. The van der Waals surface area contributed by atoms with E-state index in [-0.39, 0.29) is 29.6 Å². The van der Waals surface area contributed by atoms with Gasteiger partial charge in [-0.25, -0.2) is 0 Å². The van der Waals surface area contributed by atoms with Crippen molar-refractivity contribution in [1.29, 1.82) is 10.5 Å². The van der Waals surface area contributed by atoms with Gasteiger partial charge in [-0.2, -0.15) is 35.6 Å². The molecule has 0 aromatic heterocycles. The second-order valence-electron chi connectivity index (χ2n) is 7.67. The van der Waals surface area contributed by atoms with Gasteiger partial charge in [-0.15, -0.1) is 0 Å². The van der Waals surface area contributed by atoms with E-state index in [1.54, 1.807) is 27.7 Å². The van der Waals surface area contributed by atoms with Crippen LogP contribution in [0, 0.1) is 29.6 Å². The van der Waals surface area contributed by atoms with E-state index in [2.05, 4.69) is 24.1 Å². The summed E-state index contributed by atoms with van der Waals surface area (Å²) in [5.41, 5.74) is -1.68. The van der Waals surface area contributed by atoms with Crippen LogP contribution in [0.2, 0.25) is 0 Å². The van der Waals surface area contributed by atoms with Crippen LogP contribution >= 0.6 is 0 Å². The van der Waals surface area contributed by atoms with Crippen LogP contribution in [0.25, 0.3) is 0 Å². The SMILES string of the molecule is CC(C)(C#N)N=NC(C)(C)C#N.O=S(=O)(O)O.[CH2-]CCCCCCCCCCC.[Na+]. The van der Waals surface area contributed by atoms with Gasteiger partial charge >= 0.3 is 40.0 Å². The van der Waals surface area contributed by atoms with E-state index in [1.165, 1.54) is 57.8 Å². The monoisotopic (exact) mass is 454 g/mol. The van der Waals surface area contributed by atoms with Crippen LogP contribution in [0.15, 0.2) is 10.2 Å². The number of azo groups is 1. The smallest absolute Gasteiger partial charge is 0.343 e. The molecule has 2 N–H and O–H groups in total. The van der Waals surface area contributed by atoms with E-state index in [1.807, 2.05) is 12.1 Å². The first-order valence-electron chi connectivity index (χ1n) is 10.0. The Morgan fingerprint density at radius 1 is 0.800 bits per heavy atom. The number of unbranched alkanes of at least 4 members (excludes halogenated alkanes) is 9. The van der Waals surface area contributed by atoms with Crippen LogP contribution in [0.4, 0.5) is 0 Å². The molecule has 0 aliphatic carbocycles. The van der Waals surface area contributed by atoms with Gasteiger partial charge in [0.2, 0.25) is 0 Å². The van der Waals surface area contributed by atoms with Crippen molar-refractivity contribution in [2.45, 2.75) is 110 Å². The zero-order valence-electron chi connectivity index (χ0n) is 19.7. The molecule has 0 aliphatic heterocycles. The predicted molar refractivity (Wildman–Crippen MR) is 116 cm³/mol. The molecule has 0 rings (SSSR count). The van der Waals surface area contributed by atoms with E-state index in [0.29, 0.717) is 0 Å². The van der Waals surface area contributed by atoms with Crippen molar-refractivity contribution in [3.63, 3.8) is 0 Å². The van der Waals surface area contributed by atoms with Crippen LogP contribution < -0.4 is 29.6 Å². The third-order valence-electron chi connectivity index (χ3n) is 3.45. The maximum absolute atomic E-state index is 8.74. The minimum atomic E-state index is -4.67. The summed E-state index contributed by atoms with van der Waals surface area (Å²) in [4.78, 5) is 0. The van der Waals surface area contributed by atoms with Crippen LogP contribution in [-0.4, -0.2) is 28.6 Å². The van der Waals surface area contributed by atoms with Gasteiger partial charge in [0.1, 0.15) is 0 Å². The topological polar surface area (TPSA) is 147 Å². The van der Waals surface area contributed by atoms with E-state index in [4.69, 9.17) is 28.0 Å². The zero-order chi connectivity index (χ0) is 23.4. The molecule has 0 aliphatic rings. The van der Waals surface area contributed by atoms with Gasteiger partial charge in [-0.1, -0.05) is 64.7 Å². The van der Waals surface area contributed by atoms with Crippen molar-refractivity contribution in [3.05, 3.63) is 6.92 Å². The normalized spacial score (nSPS) is 11.1. The van der Waals surface area contributed by atoms with Crippen molar-refractivity contribution in [1.82, 2.24) is 0 Å². The second kappa shape index (κ2) is 21.7. The summed E-state index contributed by atoms with van der Waals surface area (Å²) in [6.07, 6.45) is 13.9. The number of nitrogens with zero attached hydrogens (tertiary/aromatic N) is 4. The number of nitriles is 2. The molecule has 10 heteroatoms. The minimum absolute atomic E-state index is 0. The first-order valence-corrected chi connectivity index (χ1v) is 11.4. The first kappa shape index (κ1) is 36.8. The van der Waals surface area contributed by atoms with Crippen molar-refractivity contribution in [3.8, 4) is 12.1 Å². The molecule has 0 saturated carbocycles. The number of hydrogen-bond donors (Lipinski definition) is 2. The molecule has 0 heterocycles. The Morgan fingerprint density at radius 3 is 1.30 bits per heavy atom. The van der Waals surface area contributed by atoms with Gasteiger partial charge in [0.05, 0.1) is 12.1 Å². The minimum Gasteiger partial charge on any atom is -0.343 e. The third kappa shape index (κ3) is 41.7. The molecule has 0 spiro atoms. The molecule has 0 aromatic carbocycles. The zero-order valence-corrected chi connectivity index (χ0v) is 22.5. The summed E-state index contributed by atoms with van der Waals surface area (Å²) in [6.45, 7) is 12.7. The fraction of sp³-hybridized carbons (Fsp3) is 0.850. The van der Waals surface area contributed by atoms with Gasteiger partial charge in [-0.3, -0.25) is 9.11 Å². The first-order chi connectivity index (χ1) is 13.2. The summed E-state index contributed by atoms with van der Waals surface area (Å²) >= 11 is 0. The molecule has 30 heavy (non-hydrogen) atoms. The van der Waals surface area contributed by atoms with Gasteiger partial charge in [0.25, 0.3) is 0 Å². The summed E-state index contributed by atoms with van der Waals surface area (Å²) in [6, 6.07) is 3.94. The van der Waals surface area contributed by atoms with Gasteiger partial charge in [-0.05, 0) is 27.7 Å². The van der Waals surface area contributed by atoms with Crippen LogP contribution in [0.3, 0.4) is 0 Å². The average Bonchev–Trinajstić information content (AvgIpc) is 2.62. The Balaban J connectivity index is -0.000000180. The maximum atomic E-state index is 8.74. The summed E-state index contributed by atoms with van der Waals surface area (Å²) in [7, 11) is -4.67. The Labute approximate surface area is 206 Å². The van der Waals surface area contributed by atoms with Crippen molar-refractivity contribution < 1.29 is 47.1 Å². The molecule has 0 atom stereocenters. The Bertz CT molecular complexity index is 563. The Hall–Kier alpha value is -0.550. The van der Waals surface area contributed by atoms with E-state index < -0.39 is 21.5 Å². The molecule has 0 aromatic rings. The number of rotatable bonds is 11. The molecule has 8 nitrogen and oxygen atoms in total. The van der Waals surface area contributed by atoms with Crippen molar-refractivity contribution >= 4 is 10.4 Å². The standard InChI is InChI=1S/C12H25.C8H12N4.Na.H2O4S/c1-3-5-7-9-11-12-10-8-6-4-2;1-7(2,5-9)11-12-8(3,4)6-10;;1-5(2,3)4/h1,3-12H2,2H3;1-4H3;;(H2,1,2,3,4)/q-1;;+1;. The molecule has 170 valence electrons. The van der Waals surface area contributed by atoms with Gasteiger partial charge in [0, 0.05) is 0 Å². The van der Waals surface area contributed by atoms with E-state index in [0.717, 1.165) is 6.42 Å². The summed E-state index contributed by atoms with van der Waals surface area (Å²) in [5, 5.41) is 24.7. The molecule has 0 saturated heterocycles. The molecule has 0 radical (unpaired) electrons. The molecule has 0 fully saturated rings. The fourth-order valence-corrected chi connectivity index (χ4v) is 1.78. The van der Waals surface area contributed by atoms with Gasteiger partial charge in [0.15, 0.2) is 11.1 Å². The third-order valence-corrected chi connectivity index (χ3v) is 3.45. The van der Waals surface area contributed by atoms with Gasteiger partial charge < -0.3 is 6.92 Å². The van der Waals surface area contributed by atoms with Crippen LogP contribution in [0.1, 0.15) is 98.8 Å². The molecular weight excluding hydrogens is 415 g/mol. The van der Waals surface area contributed by atoms with E-state index >= 15 is 0 Å². The average molecular weight is 455 g/mol. The molecular formula is C20H39N4NaO4S. The molecule has 0 bridgehead atoms. The van der Waals surface area contributed by atoms with Crippen LogP contribution in [-0.2, 0) is 10.4 Å². The molecule has 0 unspecified atom stereocenters. The predicted octanol–water partition coefficient (Wildman–Crippen LogP) is 3.14. The Morgan fingerprint density at radius 2 is 1.07 bits per heavy atom. The van der Waals surface area contributed by atoms with Crippen LogP contribution in [0.5, 0.6) is 0 Å². The van der Waals surface area contributed by atoms with Crippen molar-refractivity contribution in [2.24, 2.45) is 10.2 Å². The summed E-state index contributed by atoms with van der Waals surface area (Å²) < 4.78 is 31.6. The Kier molecular flexibility index (Phi) is 26.6. The van der Waals surface area contributed by atoms with E-state index in [9.17, 15) is 0 Å². The fourth-order valence-electron chi connectivity index (χ4n) is 1.78. The second-order valence-corrected chi connectivity index (χ2v) is 8.57. The maximum Gasteiger partial charge on any atom is 1.00 e. The quantitative estimate of drug-likeness (QED) is 0.161.